The molecule has 47 heavy (non-hydrogen) atoms. The van der Waals surface area contributed by atoms with Gasteiger partial charge in [-0.05, 0) is 69.2 Å². The van der Waals surface area contributed by atoms with Crippen molar-refractivity contribution < 1.29 is 27.5 Å². The van der Waals surface area contributed by atoms with Gasteiger partial charge in [-0.25, -0.2) is 9.97 Å². The molecule has 13 heteroatoms. The number of alkyl halides is 3. The van der Waals surface area contributed by atoms with Gasteiger partial charge in [-0.3, -0.25) is 14.3 Å². The van der Waals surface area contributed by atoms with Crippen LogP contribution in [0.3, 0.4) is 0 Å². The fourth-order valence-electron chi connectivity index (χ4n) is 6.44. The highest BCUT2D eigenvalue weighted by atomic mass is 19.4. The molecule has 2 bridgehead atoms. The van der Waals surface area contributed by atoms with Gasteiger partial charge in [0, 0.05) is 36.0 Å². The Morgan fingerprint density at radius 1 is 1.11 bits per heavy atom. The number of carbonyl (C=O) groups is 2. The number of rotatable bonds is 4. The van der Waals surface area contributed by atoms with E-state index in [2.05, 4.69) is 32.8 Å². The molecule has 1 aliphatic heterocycles. The van der Waals surface area contributed by atoms with E-state index in [1.54, 1.807) is 18.3 Å². The first-order valence-electron chi connectivity index (χ1n) is 15.8. The number of pyridine rings is 2. The first-order chi connectivity index (χ1) is 22.6. The summed E-state index contributed by atoms with van der Waals surface area (Å²) in [6.07, 6.45) is 9.93. The van der Waals surface area contributed by atoms with Gasteiger partial charge in [0.15, 0.2) is 0 Å². The van der Waals surface area contributed by atoms with E-state index in [0.29, 0.717) is 28.9 Å². The summed E-state index contributed by atoms with van der Waals surface area (Å²) in [5, 5.41) is 11.4. The fourth-order valence-corrected chi connectivity index (χ4v) is 6.44. The summed E-state index contributed by atoms with van der Waals surface area (Å²) in [6.45, 7) is 0. The molecule has 6 rings (SSSR count). The van der Waals surface area contributed by atoms with Gasteiger partial charge in [0.1, 0.15) is 23.1 Å². The zero-order valence-electron chi connectivity index (χ0n) is 25.9. The normalized spacial score (nSPS) is 19.7. The second kappa shape index (κ2) is 13.4. The smallest absolute Gasteiger partial charge is 0.416 e. The van der Waals surface area contributed by atoms with E-state index in [1.165, 1.54) is 13.2 Å². The second-order valence-corrected chi connectivity index (χ2v) is 12.0. The van der Waals surface area contributed by atoms with Gasteiger partial charge in [-0.1, -0.05) is 24.6 Å². The number of nitrogens with one attached hydrogen (secondary N) is 2. The number of hydrogen-bond acceptors (Lipinski definition) is 7. The molecule has 3 aromatic heterocycles. The van der Waals surface area contributed by atoms with Crippen LogP contribution in [0.1, 0.15) is 85.3 Å². The van der Waals surface area contributed by atoms with Crippen LogP contribution in [0.15, 0.2) is 48.8 Å². The largest absolute Gasteiger partial charge is 0.496 e. The molecule has 0 unspecified atom stereocenters. The monoisotopic (exact) mass is 647 g/mol. The Labute approximate surface area is 269 Å². The number of allylic oxidation sites excluding steroid dienone is 1. The number of halogens is 3. The zero-order valence-corrected chi connectivity index (χ0v) is 25.9. The highest BCUT2D eigenvalue weighted by molar-refractivity contribution is 6.07. The minimum atomic E-state index is -4.58. The third-order valence-electron chi connectivity index (χ3n) is 8.76. The minimum absolute atomic E-state index is 0.00344. The van der Waals surface area contributed by atoms with Crippen LogP contribution in [0.2, 0.25) is 0 Å². The van der Waals surface area contributed by atoms with Crippen LogP contribution in [-0.4, -0.2) is 44.7 Å². The fraction of sp³-hybridized carbons (Fsp3) is 0.382. The average molecular weight is 648 g/mol. The van der Waals surface area contributed by atoms with Crippen molar-refractivity contribution in [3.8, 4) is 17.0 Å². The average Bonchev–Trinajstić information content (AvgIpc) is 3.46. The Balaban J connectivity index is 1.40. The highest BCUT2D eigenvalue weighted by Gasteiger charge is 2.32. The molecule has 2 amide bonds. The number of methoxy groups -OCH3 is 1. The summed E-state index contributed by atoms with van der Waals surface area (Å²) in [4.78, 5) is 34.2. The quantitative estimate of drug-likeness (QED) is 0.218. The number of nitrogens with two attached hydrogens (primary N) is 1. The Hall–Kier alpha value is -4.94. The number of hydrogen-bond donors (Lipinski definition) is 3. The topological polar surface area (TPSA) is 137 Å². The lowest BCUT2D eigenvalue weighted by Crippen LogP contribution is -2.39. The molecule has 4 heterocycles. The molecule has 1 fully saturated rings. The maximum atomic E-state index is 13.2. The van der Waals surface area contributed by atoms with Gasteiger partial charge in [0.25, 0.3) is 5.91 Å². The van der Waals surface area contributed by atoms with Crippen molar-refractivity contribution in [1.29, 1.82) is 0 Å². The molecule has 0 radical (unpaired) electrons. The predicted molar refractivity (Wildman–Crippen MR) is 173 cm³/mol. The minimum Gasteiger partial charge on any atom is -0.496 e. The van der Waals surface area contributed by atoms with Crippen LogP contribution in [0.25, 0.3) is 28.2 Å². The standard InChI is InChI=1S/C34H36F3N7O3/c1-47-26-16-20(12-13-25(26)33(46)42-27-17-22(14-15-39-27)34(35,36)37)30-29-31-21(19-40-32(29)38)8-5-3-2-4-6-11-28(45)41-23-9-7-10-24(18-23)44(31)43-30/h5,8,12-17,19,23-24H,2-4,6-7,9-11,18H2,1H3,(H2,38,40)(H,41,45)(H,39,42,46)/b8-5+/t23-,24-/m1/s1. The van der Waals surface area contributed by atoms with E-state index < -0.39 is 17.6 Å². The number of fused-ring (bicyclic) bond motifs is 3. The highest BCUT2D eigenvalue weighted by Crippen LogP contribution is 2.40. The van der Waals surface area contributed by atoms with Crippen molar-refractivity contribution in [3.05, 3.63) is 65.5 Å². The van der Waals surface area contributed by atoms with Crippen LogP contribution in [0.5, 0.6) is 5.75 Å². The van der Waals surface area contributed by atoms with E-state index in [1.807, 2.05) is 4.68 Å². The molecule has 1 aliphatic carbocycles. The third-order valence-corrected chi connectivity index (χ3v) is 8.76. The van der Waals surface area contributed by atoms with Gasteiger partial charge in [-0.15, -0.1) is 0 Å². The number of aromatic nitrogens is 4. The van der Waals surface area contributed by atoms with Crippen molar-refractivity contribution >= 4 is 40.4 Å². The number of nitrogens with zero attached hydrogens (tertiary/aromatic N) is 4. The molecule has 4 aromatic rings. The molecule has 0 spiro atoms. The van der Waals surface area contributed by atoms with Crippen molar-refractivity contribution in [2.45, 2.75) is 76.0 Å². The summed E-state index contributed by atoms with van der Waals surface area (Å²) in [5.74, 6) is -0.359. The Bertz CT molecular complexity index is 1840. The molecule has 0 saturated heterocycles. The number of ether oxygens (including phenoxy) is 1. The molecule has 2 aliphatic rings. The zero-order chi connectivity index (χ0) is 33.1. The van der Waals surface area contributed by atoms with Crippen molar-refractivity contribution in [3.63, 3.8) is 0 Å². The van der Waals surface area contributed by atoms with E-state index in [-0.39, 0.29) is 35.1 Å². The lowest BCUT2D eigenvalue weighted by molar-refractivity contribution is -0.137. The summed E-state index contributed by atoms with van der Waals surface area (Å²) in [7, 11) is 1.40. The number of carbonyl (C=O) groups excluding carboxylic acids is 2. The molecule has 10 nitrogen and oxygen atoms in total. The third kappa shape index (κ3) is 6.93. The molecular weight excluding hydrogens is 611 g/mol. The maximum absolute atomic E-state index is 13.2. The molecular formula is C34H36F3N7O3. The second-order valence-electron chi connectivity index (χ2n) is 12.0. The lowest BCUT2D eigenvalue weighted by Gasteiger charge is -2.30. The van der Waals surface area contributed by atoms with Gasteiger partial charge >= 0.3 is 6.18 Å². The summed E-state index contributed by atoms with van der Waals surface area (Å²) < 4.78 is 47.2. The first-order valence-corrected chi connectivity index (χ1v) is 15.8. The molecule has 1 saturated carbocycles. The predicted octanol–water partition coefficient (Wildman–Crippen LogP) is 6.93. The van der Waals surface area contributed by atoms with Gasteiger partial charge in [0.2, 0.25) is 5.91 Å². The van der Waals surface area contributed by atoms with Crippen LogP contribution in [0, 0.1) is 0 Å². The SMILES string of the molecule is COc1cc(-c2nn3c4c(cnc(N)c24)/C=C/CCCCCC(=O)N[C@@H]2CCC[C@@H]3C2)ccc1C(=O)Nc1cc(C(F)(F)F)ccn1. The molecule has 246 valence electrons. The van der Waals surface area contributed by atoms with E-state index >= 15 is 0 Å². The molecule has 2 atom stereocenters. The maximum Gasteiger partial charge on any atom is 0.416 e. The molecule has 4 N–H and O–H groups in total. The summed E-state index contributed by atoms with van der Waals surface area (Å²) >= 11 is 0. The van der Waals surface area contributed by atoms with E-state index in [9.17, 15) is 22.8 Å². The first kappa shape index (κ1) is 32.0. The number of benzene rings is 1. The number of anilines is 2. The number of nitrogen functional groups attached to an aromatic ring is 1. The summed E-state index contributed by atoms with van der Waals surface area (Å²) in [5.41, 5.74) is 8.59. The van der Waals surface area contributed by atoms with Gasteiger partial charge in [0.05, 0.1) is 35.2 Å². The van der Waals surface area contributed by atoms with Gasteiger partial charge in [-0.2, -0.15) is 18.3 Å². The van der Waals surface area contributed by atoms with Crippen LogP contribution < -0.4 is 21.1 Å². The van der Waals surface area contributed by atoms with Crippen molar-refractivity contribution in [1.82, 2.24) is 25.1 Å². The Kier molecular flexibility index (Phi) is 9.15. The Morgan fingerprint density at radius 2 is 1.96 bits per heavy atom. The summed E-state index contributed by atoms with van der Waals surface area (Å²) in [6, 6.07) is 6.51. The van der Waals surface area contributed by atoms with Crippen molar-refractivity contribution in [2.24, 2.45) is 0 Å². The Morgan fingerprint density at radius 3 is 2.77 bits per heavy atom. The number of amides is 2. The lowest BCUT2D eigenvalue weighted by atomic mass is 9.90. The van der Waals surface area contributed by atoms with E-state index in [4.69, 9.17) is 15.6 Å². The van der Waals surface area contributed by atoms with E-state index in [0.717, 1.165) is 80.8 Å². The van der Waals surface area contributed by atoms with Gasteiger partial charge < -0.3 is 21.1 Å². The van der Waals surface area contributed by atoms with Crippen LogP contribution >= 0.6 is 0 Å². The molecule has 1 aromatic carbocycles. The van der Waals surface area contributed by atoms with Crippen LogP contribution in [-0.2, 0) is 11.0 Å². The van der Waals surface area contributed by atoms with Crippen LogP contribution in [0.4, 0.5) is 24.8 Å². The van der Waals surface area contributed by atoms with Crippen molar-refractivity contribution in [2.75, 3.05) is 18.2 Å².